The molecule has 100 valence electrons. The summed E-state index contributed by atoms with van der Waals surface area (Å²) in [4.78, 5) is -0.222. The molecule has 0 bridgehead atoms. The Morgan fingerprint density at radius 1 is 1.50 bits per heavy atom. The van der Waals surface area contributed by atoms with Crippen LogP contribution in [0.2, 0.25) is 0 Å². The van der Waals surface area contributed by atoms with Crippen LogP contribution in [0.15, 0.2) is 23.1 Å². The zero-order valence-electron chi connectivity index (χ0n) is 10.0. The maximum Gasteiger partial charge on any atom is 0.238 e. The highest BCUT2D eigenvalue weighted by Gasteiger charge is 2.29. The summed E-state index contributed by atoms with van der Waals surface area (Å²) in [6.45, 7) is 3.60. The molecule has 0 spiro atoms. The van der Waals surface area contributed by atoms with E-state index in [0.717, 1.165) is 25.6 Å². The molecule has 1 aromatic carbocycles. The fourth-order valence-corrected chi connectivity index (χ4v) is 2.55. The van der Waals surface area contributed by atoms with Crippen LogP contribution in [-0.4, -0.2) is 27.0 Å². The van der Waals surface area contributed by atoms with Crippen LogP contribution in [0.25, 0.3) is 0 Å². The van der Waals surface area contributed by atoms with Gasteiger partial charge in [-0.1, -0.05) is 0 Å². The minimum Gasteiger partial charge on any atom is -0.376 e. The average molecular weight is 273 g/mol. The van der Waals surface area contributed by atoms with E-state index in [1.807, 2.05) is 6.92 Å². The molecule has 1 aliphatic heterocycles. The highest BCUT2D eigenvalue weighted by molar-refractivity contribution is 7.89. The Morgan fingerprint density at radius 3 is 2.72 bits per heavy atom. The first-order chi connectivity index (χ1) is 8.30. The van der Waals surface area contributed by atoms with Crippen molar-refractivity contribution >= 4 is 15.7 Å². The topological polar surface area (TPSA) is 84.2 Å². The lowest BCUT2D eigenvalue weighted by Gasteiger charge is -2.26. The Morgan fingerprint density at radius 2 is 2.22 bits per heavy atom. The fourth-order valence-electron chi connectivity index (χ4n) is 2.02. The minimum atomic E-state index is -3.86. The van der Waals surface area contributed by atoms with E-state index in [2.05, 4.69) is 10.6 Å². The molecule has 5 nitrogen and oxygen atoms in total. The van der Waals surface area contributed by atoms with Crippen molar-refractivity contribution in [3.63, 3.8) is 0 Å². The first-order valence-electron chi connectivity index (χ1n) is 5.61. The largest absolute Gasteiger partial charge is 0.376 e. The Labute approximate surface area is 106 Å². The zero-order chi connectivity index (χ0) is 13.4. The van der Waals surface area contributed by atoms with Crippen LogP contribution in [0.5, 0.6) is 0 Å². The number of hydrogen-bond donors (Lipinski definition) is 3. The number of sulfonamides is 1. The monoisotopic (exact) mass is 273 g/mol. The number of anilines is 1. The summed E-state index contributed by atoms with van der Waals surface area (Å²) in [6.07, 6.45) is 0.878. The van der Waals surface area contributed by atoms with Crippen LogP contribution in [0.4, 0.5) is 10.1 Å². The van der Waals surface area contributed by atoms with Crippen LogP contribution in [0, 0.1) is 5.82 Å². The molecule has 1 saturated heterocycles. The molecule has 7 heteroatoms. The molecular formula is C11H16FN3O2S. The predicted octanol–water partition coefficient (Wildman–Crippen LogP) is 0.637. The molecule has 2 rings (SSSR count). The van der Waals surface area contributed by atoms with Gasteiger partial charge in [0.15, 0.2) is 0 Å². The van der Waals surface area contributed by atoms with Gasteiger partial charge < -0.3 is 10.6 Å². The number of halogens is 1. The van der Waals surface area contributed by atoms with E-state index in [1.54, 1.807) is 0 Å². The normalized spacial score (nSPS) is 24.2. The van der Waals surface area contributed by atoms with Gasteiger partial charge >= 0.3 is 0 Å². The molecule has 1 atom stereocenters. The van der Waals surface area contributed by atoms with Crippen molar-refractivity contribution in [1.29, 1.82) is 0 Å². The van der Waals surface area contributed by atoms with Gasteiger partial charge in [-0.2, -0.15) is 0 Å². The van der Waals surface area contributed by atoms with Crippen molar-refractivity contribution in [2.75, 3.05) is 18.4 Å². The first-order valence-corrected chi connectivity index (χ1v) is 7.16. The number of primary sulfonamides is 1. The van der Waals surface area contributed by atoms with Gasteiger partial charge in [0.1, 0.15) is 5.82 Å². The van der Waals surface area contributed by atoms with Crippen LogP contribution in [0.3, 0.4) is 0 Å². The molecule has 0 aromatic heterocycles. The van der Waals surface area contributed by atoms with E-state index in [1.165, 1.54) is 12.1 Å². The van der Waals surface area contributed by atoms with E-state index < -0.39 is 15.8 Å². The molecule has 1 heterocycles. The van der Waals surface area contributed by atoms with E-state index in [9.17, 15) is 12.8 Å². The summed E-state index contributed by atoms with van der Waals surface area (Å²) in [7, 11) is -3.86. The highest BCUT2D eigenvalue weighted by atomic mass is 32.2. The summed E-state index contributed by atoms with van der Waals surface area (Å²) in [5.41, 5.74) is 0.0674. The van der Waals surface area contributed by atoms with Gasteiger partial charge in [-0.15, -0.1) is 0 Å². The third kappa shape index (κ3) is 2.80. The lowest BCUT2D eigenvalue weighted by Crippen LogP contribution is -2.37. The maximum atomic E-state index is 13.8. The minimum absolute atomic E-state index is 0.218. The molecule has 1 aromatic rings. The van der Waals surface area contributed by atoms with Gasteiger partial charge in [-0.05, 0) is 38.1 Å². The standard InChI is InChI=1S/C11H16FN3O2S/c1-11(4-5-14-7-11)15-10-3-2-8(6-9(10)12)18(13,16)17/h2-3,6,14-15H,4-5,7H2,1H3,(H2,13,16,17). The summed E-state index contributed by atoms with van der Waals surface area (Å²) in [5.74, 6) is -0.616. The van der Waals surface area contributed by atoms with Gasteiger partial charge in [0, 0.05) is 12.1 Å². The van der Waals surface area contributed by atoms with Gasteiger partial charge in [0.2, 0.25) is 10.0 Å². The fraction of sp³-hybridized carbons (Fsp3) is 0.455. The molecule has 1 fully saturated rings. The second kappa shape index (κ2) is 4.49. The van der Waals surface area contributed by atoms with Gasteiger partial charge in [0.25, 0.3) is 0 Å². The maximum absolute atomic E-state index is 13.8. The Hall–Kier alpha value is -1.18. The summed E-state index contributed by atoms with van der Waals surface area (Å²) in [6, 6.07) is 3.63. The zero-order valence-corrected chi connectivity index (χ0v) is 10.8. The quantitative estimate of drug-likeness (QED) is 0.754. The molecule has 1 aliphatic rings. The molecule has 18 heavy (non-hydrogen) atoms. The third-order valence-electron chi connectivity index (χ3n) is 3.07. The predicted molar refractivity (Wildman–Crippen MR) is 67.3 cm³/mol. The molecule has 0 amide bonds. The van der Waals surface area contributed by atoms with E-state index in [4.69, 9.17) is 5.14 Å². The van der Waals surface area contributed by atoms with Crippen molar-refractivity contribution in [2.45, 2.75) is 23.8 Å². The Kier molecular flexibility index (Phi) is 3.31. The number of rotatable bonds is 3. The molecule has 1 unspecified atom stereocenters. The SMILES string of the molecule is CC1(Nc2ccc(S(N)(=O)=O)cc2F)CCNC1. The van der Waals surface area contributed by atoms with Gasteiger partial charge in [-0.25, -0.2) is 17.9 Å². The van der Waals surface area contributed by atoms with Gasteiger partial charge in [-0.3, -0.25) is 0 Å². The van der Waals surface area contributed by atoms with E-state index in [-0.39, 0.29) is 16.1 Å². The van der Waals surface area contributed by atoms with Crippen molar-refractivity contribution < 1.29 is 12.8 Å². The van der Waals surface area contributed by atoms with E-state index in [0.29, 0.717) is 0 Å². The molecule has 0 radical (unpaired) electrons. The third-order valence-corrected chi connectivity index (χ3v) is 3.99. The lowest BCUT2D eigenvalue weighted by molar-refractivity contribution is 0.553. The summed E-state index contributed by atoms with van der Waals surface area (Å²) in [5, 5.41) is 11.2. The summed E-state index contributed by atoms with van der Waals surface area (Å²) >= 11 is 0. The molecule has 4 N–H and O–H groups in total. The van der Waals surface area contributed by atoms with E-state index >= 15 is 0 Å². The number of hydrogen-bond acceptors (Lipinski definition) is 4. The Balaban J connectivity index is 2.25. The van der Waals surface area contributed by atoms with Crippen molar-refractivity contribution in [2.24, 2.45) is 5.14 Å². The molecular weight excluding hydrogens is 257 g/mol. The van der Waals surface area contributed by atoms with Crippen LogP contribution < -0.4 is 15.8 Å². The average Bonchev–Trinajstić information content (AvgIpc) is 2.67. The van der Waals surface area contributed by atoms with Crippen molar-refractivity contribution in [3.05, 3.63) is 24.0 Å². The van der Waals surface area contributed by atoms with Crippen LogP contribution in [-0.2, 0) is 10.0 Å². The van der Waals surface area contributed by atoms with Crippen molar-refractivity contribution in [1.82, 2.24) is 5.32 Å². The Bertz CT molecular complexity index is 553. The smallest absolute Gasteiger partial charge is 0.238 e. The second-order valence-electron chi connectivity index (χ2n) is 4.80. The lowest BCUT2D eigenvalue weighted by atomic mass is 10.0. The summed E-state index contributed by atoms with van der Waals surface area (Å²) < 4.78 is 36.0. The second-order valence-corrected chi connectivity index (χ2v) is 6.36. The first kappa shape index (κ1) is 13.3. The van der Waals surface area contributed by atoms with Crippen LogP contribution >= 0.6 is 0 Å². The molecule has 0 aliphatic carbocycles. The number of nitrogens with one attached hydrogen (secondary N) is 2. The highest BCUT2D eigenvalue weighted by Crippen LogP contribution is 2.24. The molecule has 0 saturated carbocycles. The van der Waals surface area contributed by atoms with Crippen molar-refractivity contribution in [3.8, 4) is 0 Å². The number of benzene rings is 1. The van der Waals surface area contributed by atoms with Crippen LogP contribution in [0.1, 0.15) is 13.3 Å². The number of nitrogens with two attached hydrogens (primary N) is 1. The van der Waals surface area contributed by atoms with Gasteiger partial charge in [0.05, 0.1) is 10.6 Å².